The zero-order valence-electron chi connectivity index (χ0n) is 15.9. The molecule has 3 unspecified atom stereocenters. The van der Waals surface area contributed by atoms with Gasteiger partial charge in [-0.25, -0.2) is 18.4 Å². The molecule has 2 aliphatic rings. The van der Waals surface area contributed by atoms with Crippen LogP contribution in [0.15, 0.2) is 38.2 Å². The summed E-state index contributed by atoms with van der Waals surface area (Å²) in [7, 11) is 0. The van der Waals surface area contributed by atoms with E-state index in [1.54, 1.807) is 11.3 Å². The highest BCUT2D eigenvalue weighted by molar-refractivity contribution is 9.11. The highest BCUT2D eigenvalue weighted by Gasteiger charge is 2.32. The summed E-state index contributed by atoms with van der Waals surface area (Å²) in [5.74, 6) is -1.01. The number of thiazole rings is 1. The summed E-state index contributed by atoms with van der Waals surface area (Å²) in [6, 6.07) is 3.78. The molecule has 0 spiro atoms. The van der Waals surface area contributed by atoms with Gasteiger partial charge in [0.2, 0.25) is 4.73 Å². The molecule has 3 aromatic rings. The maximum Gasteiger partial charge on any atom is 0.218 e. The molecule has 1 N–H and O–H groups in total. The molecule has 3 atom stereocenters. The Labute approximate surface area is 197 Å². The minimum atomic E-state index is -0.785. The monoisotopic (exact) mass is 572 g/mol. The molecule has 2 aromatic heterocycles. The second kappa shape index (κ2) is 8.64. The van der Waals surface area contributed by atoms with Gasteiger partial charge in [0, 0.05) is 17.7 Å². The highest BCUT2D eigenvalue weighted by Crippen LogP contribution is 2.37. The third-order valence-corrected chi connectivity index (χ3v) is 7.28. The molecule has 0 radical (unpaired) electrons. The van der Waals surface area contributed by atoms with Crippen LogP contribution in [0.5, 0.6) is 0 Å². The third-order valence-electron chi connectivity index (χ3n) is 5.40. The molecule has 31 heavy (non-hydrogen) atoms. The maximum absolute atomic E-state index is 14.1. The molecule has 1 fully saturated rings. The number of piperidine rings is 1. The van der Waals surface area contributed by atoms with Gasteiger partial charge in [-0.2, -0.15) is 4.98 Å². The molecule has 0 aliphatic carbocycles. The van der Waals surface area contributed by atoms with Crippen molar-refractivity contribution in [2.24, 2.45) is 5.16 Å². The second-order valence-electron chi connectivity index (χ2n) is 7.33. The Kier molecular flexibility index (Phi) is 5.88. The second-order valence-corrected chi connectivity index (χ2v) is 9.64. The van der Waals surface area contributed by atoms with Crippen LogP contribution in [0.3, 0.4) is 0 Å². The van der Waals surface area contributed by atoms with Crippen LogP contribution >= 0.6 is 43.2 Å². The van der Waals surface area contributed by atoms with E-state index in [9.17, 15) is 8.78 Å². The van der Waals surface area contributed by atoms with Crippen LogP contribution in [0.2, 0.25) is 0 Å². The first-order valence-corrected chi connectivity index (χ1v) is 12.1. The van der Waals surface area contributed by atoms with Crippen molar-refractivity contribution in [1.82, 2.24) is 25.1 Å². The number of benzene rings is 1. The zero-order chi connectivity index (χ0) is 21.5. The average Bonchev–Trinajstić information content (AvgIpc) is 3.48. The van der Waals surface area contributed by atoms with Crippen molar-refractivity contribution >= 4 is 48.9 Å². The molecule has 4 heterocycles. The molecule has 2 aliphatic heterocycles. The fourth-order valence-corrected chi connectivity index (χ4v) is 5.94. The normalized spacial score (nSPS) is 23.6. The molecule has 12 heteroatoms. The number of aromatic nitrogens is 4. The van der Waals surface area contributed by atoms with E-state index in [0.29, 0.717) is 20.9 Å². The minimum absolute atomic E-state index is 0.000147. The molecule has 162 valence electrons. The first kappa shape index (κ1) is 21.1. The molecule has 0 bridgehead atoms. The van der Waals surface area contributed by atoms with Gasteiger partial charge in [-0.3, -0.25) is 5.32 Å². The van der Waals surface area contributed by atoms with Crippen LogP contribution in [0, 0.1) is 11.6 Å². The Morgan fingerprint density at radius 2 is 2.00 bits per heavy atom. The molecule has 5 rings (SSSR count). The molecular formula is C19H16Br2F2N6OS. The summed E-state index contributed by atoms with van der Waals surface area (Å²) in [6.07, 6.45) is 1.25. The zero-order valence-corrected chi connectivity index (χ0v) is 19.9. The summed E-state index contributed by atoms with van der Waals surface area (Å²) >= 11 is 8.30. The van der Waals surface area contributed by atoms with Gasteiger partial charge in [-0.05, 0) is 63.4 Å². The van der Waals surface area contributed by atoms with E-state index in [2.05, 4.69) is 52.4 Å². The molecule has 7 nitrogen and oxygen atoms in total. The minimum Gasteiger partial charge on any atom is -0.387 e. The van der Waals surface area contributed by atoms with Crippen LogP contribution < -0.4 is 5.32 Å². The standard InChI is InChI=1S/C19H16Br2F2N6OS/c20-18-26-19(21)29(27-18)15-6-9(4-5-24-15)17-25-13(8-31-17)12-7-14(30-28-12)16-10(22)2-1-3-11(16)23/h1-3,8-9,14-15,24H,4-7H2. The van der Waals surface area contributed by atoms with Gasteiger partial charge in [0.1, 0.15) is 23.5 Å². The number of hydrogen-bond donors (Lipinski definition) is 1. The van der Waals surface area contributed by atoms with E-state index in [4.69, 9.17) is 9.82 Å². The quantitative estimate of drug-likeness (QED) is 0.471. The van der Waals surface area contributed by atoms with Crippen LogP contribution in [0.1, 0.15) is 53.7 Å². The molecule has 0 amide bonds. The Morgan fingerprint density at radius 1 is 1.19 bits per heavy atom. The molecule has 1 saturated heterocycles. The van der Waals surface area contributed by atoms with Crippen molar-refractivity contribution in [2.45, 2.75) is 37.5 Å². The number of hydrogen-bond acceptors (Lipinski definition) is 7. The Bertz CT molecular complexity index is 1130. The van der Waals surface area contributed by atoms with E-state index in [1.165, 1.54) is 18.2 Å². The first-order chi connectivity index (χ1) is 15.0. The van der Waals surface area contributed by atoms with Crippen molar-refractivity contribution in [2.75, 3.05) is 6.54 Å². The Hall–Kier alpha value is -1.76. The summed E-state index contributed by atoms with van der Waals surface area (Å²) in [5, 5.41) is 14.8. The Morgan fingerprint density at radius 3 is 2.74 bits per heavy atom. The van der Waals surface area contributed by atoms with Crippen molar-refractivity contribution in [3.63, 3.8) is 0 Å². The van der Waals surface area contributed by atoms with Gasteiger partial charge in [0.25, 0.3) is 0 Å². The highest BCUT2D eigenvalue weighted by atomic mass is 79.9. The predicted molar refractivity (Wildman–Crippen MR) is 118 cm³/mol. The number of halogens is 4. The van der Waals surface area contributed by atoms with Crippen LogP contribution in [-0.2, 0) is 4.84 Å². The number of oxime groups is 1. The largest absolute Gasteiger partial charge is 0.387 e. The molecular weight excluding hydrogens is 558 g/mol. The van der Waals surface area contributed by atoms with Crippen molar-refractivity contribution in [3.05, 3.63) is 60.9 Å². The molecule has 1 aromatic carbocycles. The van der Waals surface area contributed by atoms with Crippen LogP contribution in [0.25, 0.3) is 0 Å². The number of rotatable bonds is 4. The maximum atomic E-state index is 14.1. The lowest BCUT2D eigenvalue weighted by molar-refractivity contribution is 0.0800. The first-order valence-electron chi connectivity index (χ1n) is 9.63. The average molecular weight is 574 g/mol. The van der Waals surface area contributed by atoms with E-state index in [-0.39, 0.29) is 24.1 Å². The van der Waals surface area contributed by atoms with Gasteiger partial charge >= 0.3 is 0 Å². The lowest BCUT2D eigenvalue weighted by Crippen LogP contribution is -2.35. The SMILES string of the molecule is Fc1cccc(F)c1C1CC(c2csc(C3CCNC(n4nc(Br)nc4Br)C3)n2)=NO1. The fraction of sp³-hybridized carbons (Fsp3) is 0.368. The van der Waals surface area contributed by atoms with Crippen molar-refractivity contribution in [3.8, 4) is 0 Å². The van der Waals surface area contributed by atoms with E-state index < -0.39 is 17.7 Å². The lowest BCUT2D eigenvalue weighted by atomic mass is 9.96. The van der Waals surface area contributed by atoms with Crippen LogP contribution in [-0.4, -0.2) is 32.0 Å². The van der Waals surface area contributed by atoms with Gasteiger partial charge in [0.15, 0.2) is 10.8 Å². The van der Waals surface area contributed by atoms with E-state index >= 15 is 0 Å². The third kappa shape index (κ3) is 4.18. The van der Waals surface area contributed by atoms with Gasteiger partial charge in [-0.1, -0.05) is 11.2 Å². The van der Waals surface area contributed by atoms with Crippen molar-refractivity contribution in [1.29, 1.82) is 0 Å². The lowest BCUT2D eigenvalue weighted by Gasteiger charge is -2.29. The van der Waals surface area contributed by atoms with Crippen molar-refractivity contribution < 1.29 is 13.6 Å². The molecule has 0 saturated carbocycles. The summed E-state index contributed by atoms with van der Waals surface area (Å²) in [4.78, 5) is 14.4. The topological polar surface area (TPSA) is 77.2 Å². The van der Waals surface area contributed by atoms with Crippen LogP contribution in [0.4, 0.5) is 8.78 Å². The van der Waals surface area contributed by atoms with E-state index in [1.807, 2.05) is 10.1 Å². The van der Waals surface area contributed by atoms with Gasteiger partial charge < -0.3 is 4.84 Å². The van der Waals surface area contributed by atoms with E-state index in [0.717, 1.165) is 24.4 Å². The Balaban J connectivity index is 1.30. The summed E-state index contributed by atoms with van der Waals surface area (Å²) in [6.45, 7) is 0.826. The van der Waals surface area contributed by atoms with Gasteiger partial charge in [0.05, 0.1) is 16.3 Å². The fourth-order valence-electron chi connectivity index (χ4n) is 3.89. The smallest absolute Gasteiger partial charge is 0.218 e. The number of nitrogens with zero attached hydrogens (tertiary/aromatic N) is 5. The summed E-state index contributed by atoms with van der Waals surface area (Å²) in [5.41, 5.74) is 1.20. The predicted octanol–water partition coefficient (Wildman–Crippen LogP) is 5.07. The number of nitrogens with one attached hydrogen (secondary N) is 1. The van der Waals surface area contributed by atoms with Gasteiger partial charge in [-0.15, -0.1) is 16.4 Å². The summed E-state index contributed by atoms with van der Waals surface area (Å²) < 4.78 is 31.1.